The molecule has 0 amide bonds. The maximum absolute atomic E-state index is 6.29. The van der Waals surface area contributed by atoms with Gasteiger partial charge < -0.3 is 14.4 Å². The minimum atomic E-state index is 0.647. The molecule has 0 saturated heterocycles. The van der Waals surface area contributed by atoms with E-state index < -0.39 is 0 Å². The lowest BCUT2D eigenvalue weighted by Gasteiger charge is -2.36. The Morgan fingerprint density at radius 2 is 1.71 bits per heavy atom. The van der Waals surface area contributed by atoms with Crippen LogP contribution in [0.3, 0.4) is 0 Å². The Balaban J connectivity index is 1.54. The van der Waals surface area contributed by atoms with Gasteiger partial charge in [-0.3, -0.25) is 9.89 Å². The van der Waals surface area contributed by atoms with Crippen molar-refractivity contribution in [1.82, 2.24) is 4.90 Å². The fourth-order valence-electron chi connectivity index (χ4n) is 3.71. The Hall–Kier alpha value is -3.02. The van der Waals surface area contributed by atoms with E-state index in [9.17, 15) is 0 Å². The van der Waals surface area contributed by atoms with E-state index in [1.807, 2.05) is 48.5 Å². The lowest BCUT2D eigenvalue weighted by Crippen LogP contribution is -2.47. The van der Waals surface area contributed by atoms with Gasteiger partial charge in [-0.15, -0.1) is 0 Å². The molecular weight excluding hydrogens is 410 g/mol. The molecule has 0 fully saturated rings. The highest BCUT2D eigenvalue weighted by atomic mass is 35.5. The Bertz CT molecular complexity index is 1060. The smallest absolute Gasteiger partial charge is 0.160 e. The third-order valence-electron chi connectivity index (χ3n) is 5.33. The fraction of sp³-hybridized carbons (Fsp3) is 0.240. The zero-order valence-corrected chi connectivity index (χ0v) is 18.5. The molecule has 0 radical (unpaired) electrons. The average Bonchev–Trinajstić information content (AvgIpc) is 2.83. The van der Waals surface area contributed by atoms with Gasteiger partial charge in [-0.1, -0.05) is 54.1 Å². The zero-order valence-electron chi connectivity index (χ0n) is 17.8. The zero-order chi connectivity index (χ0) is 21.6. The lowest BCUT2D eigenvalue weighted by atomic mass is 10.1. The van der Waals surface area contributed by atoms with Gasteiger partial charge in [0.2, 0.25) is 0 Å². The summed E-state index contributed by atoms with van der Waals surface area (Å²) in [5.41, 5.74) is 3.33. The summed E-state index contributed by atoms with van der Waals surface area (Å²) in [7, 11) is 3.31. The molecule has 31 heavy (non-hydrogen) atoms. The van der Waals surface area contributed by atoms with Crippen LogP contribution in [0.2, 0.25) is 5.02 Å². The summed E-state index contributed by atoms with van der Waals surface area (Å²) in [5.74, 6) is 2.46. The van der Waals surface area contributed by atoms with E-state index in [1.165, 1.54) is 5.56 Å². The van der Waals surface area contributed by atoms with Crippen molar-refractivity contribution < 1.29 is 9.47 Å². The first-order valence-electron chi connectivity index (χ1n) is 10.2. The first-order valence-corrected chi connectivity index (χ1v) is 10.6. The van der Waals surface area contributed by atoms with Gasteiger partial charge in [0.1, 0.15) is 5.84 Å². The van der Waals surface area contributed by atoms with Crippen LogP contribution in [-0.2, 0) is 6.42 Å². The molecule has 4 rings (SSSR count). The Kier molecular flexibility index (Phi) is 6.75. The molecule has 160 valence electrons. The van der Waals surface area contributed by atoms with Crippen molar-refractivity contribution in [3.8, 4) is 11.5 Å². The lowest BCUT2D eigenvalue weighted by molar-refractivity contribution is 0.284. The number of methoxy groups -OCH3 is 2. The number of hydrogen-bond donors (Lipinski definition) is 0. The molecule has 0 aromatic heterocycles. The number of halogens is 1. The summed E-state index contributed by atoms with van der Waals surface area (Å²) >= 11 is 6.29. The van der Waals surface area contributed by atoms with Crippen LogP contribution in [-0.4, -0.2) is 44.8 Å². The highest BCUT2D eigenvalue weighted by Crippen LogP contribution is 2.28. The normalized spacial score (nSPS) is 14.3. The number of hydrogen-bond acceptors (Lipinski definition) is 5. The van der Waals surface area contributed by atoms with Crippen molar-refractivity contribution in [2.45, 2.75) is 6.42 Å². The molecule has 0 bridgehead atoms. The van der Waals surface area contributed by atoms with Gasteiger partial charge in [-0.05, 0) is 42.3 Å². The molecule has 0 spiro atoms. The number of rotatable bonds is 7. The SMILES string of the molecule is COc1ccc(CCN2CN=C(c3ccccc3)N(c3cccc(Cl)c3)C2)cc1OC. The predicted molar refractivity (Wildman–Crippen MR) is 127 cm³/mol. The summed E-state index contributed by atoms with van der Waals surface area (Å²) in [6.07, 6.45) is 0.889. The van der Waals surface area contributed by atoms with Crippen LogP contribution >= 0.6 is 11.6 Å². The standard InChI is InChI=1S/C25H26ClN3O2/c1-30-23-12-11-19(15-24(23)31-2)13-14-28-17-27-25(20-7-4-3-5-8-20)29(18-28)22-10-6-9-21(26)16-22/h3-12,15-16H,13-14,17-18H2,1-2H3. The van der Waals surface area contributed by atoms with Gasteiger partial charge in [0.25, 0.3) is 0 Å². The first-order chi connectivity index (χ1) is 15.2. The molecule has 0 aliphatic carbocycles. The van der Waals surface area contributed by atoms with Crippen LogP contribution in [0.5, 0.6) is 11.5 Å². The average molecular weight is 436 g/mol. The van der Waals surface area contributed by atoms with Crippen molar-refractivity contribution >= 4 is 23.1 Å². The summed E-state index contributed by atoms with van der Waals surface area (Å²) < 4.78 is 10.8. The fourth-order valence-corrected chi connectivity index (χ4v) is 3.90. The maximum Gasteiger partial charge on any atom is 0.160 e. The van der Waals surface area contributed by atoms with Gasteiger partial charge >= 0.3 is 0 Å². The molecule has 0 unspecified atom stereocenters. The van der Waals surface area contributed by atoms with Crippen LogP contribution in [0, 0.1) is 0 Å². The highest BCUT2D eigenvalue weighted by molar-refractivity contribution is 6.31. The van der Waals surface area contributed by atoms with Crippen molar-refractivity contribution in [3.63, 3.8) is 0 Å². The molecular formula is C25H26ClN3O2. The predicted octanol–water partition coefficient (Wildman–Crippen LogP) is 5.08. The largest absolute Gasteiger partial charge is 0.493 e. The van der Waals surface area contributed by atoms with E-state index in [1.54, 1.807) is 14.2 Å². The van der Waals surface area contributed by atoms with Gasteiger partial charge in [0, 0.05) is 22.8 Å². The summed E-state index contributed by atoms with van der Waals surface area (Å²) in [5, 5.41) is 0.715. The molecule has 0 N–H and O–H groups in total. The Morgan fingerprint density at radius 3 is 2.45 bits per heavy atom. The van der Waals surface area contributed by atoms with Crippen molar-refractivity contribution in [1.29, 1.82) is 0 Å². The van der Waals surface area contributed by atoms with Crippen molar-refractivity contribution in [2.75, 3.05) is 39.0 Å². The second-order valence-electron chi connectivity index (χ2n) is 7.37. The van der Waals surface area contributed by atoms with Crippen LogP contribution in [0.15, 0.2) is 77.8 Å². The highest BCUT2D eigenvalue weighted by Gasteiger charge is 2.23. The van der Waals surface area contributed by atoms with Gasteiger partial charge in [0.15, 0.2) is 11.5 Å². The van der Waals surface area contributed by atoms with E-state index in [0.717, 1.165) is 48.2 Å². The van der Waals surface area contributed by atoms with E-state index in [-0.39, 0.29) is 0 Å². The number of benzene rings is 3. The van der Waals surface area contributed by atoms with Crippen LogP contribution in [0.1, 0.15) is 11.1 Å². The molecule has 1 heterocycles. The summed E-state index contributed by atoms with van der Waals surface area (Å²) in [6.45, 7) is 2.26. The van der Waals surface area contributed by atoms with Crippen molar-refractivity contribution in [3.05, 3.63) is 88.9 Å². The molecule has 1 aliphatic heterocycles. The molecule has 1 aliphatic rings. The monoisotopic (exact) mass is 435 g/mol. The second-order valence-corrected chi connectivity index (χ2v) is 7.81. The molecule has 6 heteroatoms. The van der Waals surface area contributed by atoms with Crippen LogP contribution in [0.4, 0.5) is 5.69 Å². The number of anilines is 1. The van der Waals surface area contributed by atoms with Crippen LogP contribution < -0.4 is 14.4 Å². The summed E-state index contributed by atoms with van der Waals surface area (Å²) in [4.78, 5) is 9.47. The van der Waals surface area contributed by atoms with Gasteiger partial charge in [-0.25, -0.2) is 0 Å². The molecule has 3 aromatic rings. The Morgan fingerprint density at radius 1 is 0.903 bits per heavy atom. The minimum Gasteiger partial charge on any atom is -0.493 e. The van der Waals surface area contributed by atoms with E-state index in [4.69, 9.17) is 26.1 Å². The summed E-state index contributed by atoms with van der Waals surface area (Å²) in [6, 6.07) is 24.3. The maximum atomic E-state index is 6.29. The first kappa shape index (κ1) is 21.2. The second kappa shape index (κ2) is 9.86. The minimum absolute atomic E-state index is 0.647. The van der Waals surface area contributed by atoms with Gasteiger partial charge in [0.05, 0.1) is 27.6 Å². The van der Waals surface area contributed by atoms with Crippen LogP contribution in [0.25, 0.3) is 0 Å². The van der Waals surface area contributed by atoms with E-state index in [2.05, 4.69) is 34.1 Å². The quantitative estimate of drug-likeness (QED) is 0.518. The van der Waals surface area contributed by atoms with E-state index in [0.29, 0.717) is 11.7 Å². The topological polar surface area (TPSA) is 37.3 Å². The number of nitrogens with zero attached hydrogens (tertiary/aromatic N) is 3. The molecule has 5 nitrogen and oxygen atoms in total. The third kappa shape index (κ3) is 5.01. The van der Waals surface area contributed by atoms with Crippen molar-refractivity contribution in [2.24, 2.45) is 4.99 Å². The number of aliphatic imine (C=N–C) groups is 1. The Labute approximate surface area is 188 Å². The number of ether oxygens (including phenoxy) is 2. The molecule has 0 atom stereocenters. The van der Waals surface area contributed by atoms with E-state index >= 15 is 0 Å². The third-order valence-corrected chi connectivity index (χ3v) is 5.57. The molecule has 0 saturated carbocycles. The number of amidine groups is 1. The molecule has 3 aromatic carbocycles. The van der Waals surface area contributed by atoms with Gasteiger partial charge in [-0.2, -0.15) is 0 Å².